The van der Waals surface area contributed by atoms with Crippen molar-refractivity contribution in [3.05, 3.63) is 91.0 Å². The first kappa shape index (κ1) is 27.1. The second-order valence-corrected chi connectivity index (χ2v) is 14.3. The van der Waals surface area contributed by atoms with Crippen LogP contribution >= 0.6 is 7.26 Å². The fourth-order valence-electron chi connectivity index (χ4n) is 6.35. The Morgan fingerprint density at radius 3 is 1.61 bits per heavy atom. The van der Waals surface area contributed by atoms with Gasteiger partial charge in [-0.25, -0.2) is 0 Å². The van der Waals surface area contributed by atoms with Gasteiger partial charge in [-0.1, -0.05) is 93.6 Å². The highest BCUT2D eigenvalue weighted by atomic mass is 31.2. The fraction of sp³-hybridized carbons (Fsp3) is 0.471. The highest BCUT2D eigenvalue weighted by molar-refractivity contribution is 7.95. The lowest BCUT2D eigenvalue weighted by Gasteiger charge is -2.30. The number of nitrogens with one attached hydrogen (secondary N) is 1. The van der Waals surface area contributed by atoms with Crippen molar-refractivity contribution in [3.63, 3.8) is 0 Å². The van der Waals surface area contributed by atoms with E-state index in [1.165, 1.54) is 99.2 Å². The zero-order valence-electron chi connectivity index (χ0n) is 22.5. The molecule has 0 bridgehead atoms. The van der Waals surface area contributed by atoms with E-state index in [4.69, 9.17) is 0 Å². The fourth-order valence-corrected chi connectivity index (χ4v) is 10.8. The Labute approximate surface area is 221 Å². The lowest BCUT2D eigenvalue weighted by molar-refractivity contribution is 0.262. The summed E-state index contributed by atoms with van der Waals surface area (Å²) in [5.74, 6) is 0.926. The SMILES string of the molecule is CCC(NCCCCCCC[P+](c1ccccc1)(c1ccccc1)c1ccccc1)C1CCCCC1. The van der Waals surface area contributed by atoms with Crippen molar-refractivity contribution in [1.29, 1.82) is 0 Å². The molecule has 0 radical (unpaired) electrons. The molecule has 3 aromatic rings. The molecule has 0 heterocycles. The van der Waals surface area contributed by atoms with Crippen molar-refractivity contribution in [2.45, 2.75) is 83.6 Å². The smallest absolute Gasteiger partial charge is 0.112 e. The van der Waals surface area contributed by atoms with E-state index < -0.39 is 7.26 Å². The molecular formula is C34H47NP+. The summed E-state index contributed by atoms with van der Waals surface area (Å²) in [6.07, 6.45) is 16.4. The van der Waals surface area contributed by atoms with Gasteiger partial charge >= 0.3 is 0 Å². The van der Waals surface area contributed by atoms with Gasteiger partial charge < -0.3 is 5.32 Å². The maximum absolute atomic E-state index is 3.92. The van der Waals surface area contributed by atoms with Crippen molar-refractivity contribution in [2.75, 3.05) is 12.7 Å². The molecular weight excluding hydrogens is 453 g/mol. The largest absolute Gasteiger partial charge is 0.314 e. The number of hydrogen-bond acceptors (Lipinski definition) is 1. The van der Waals surface area contributed by atoms with Crippen molar-refractivity contribution in [3.8, 4) is 0 Å². The molecule has 0 spiro atoms. The standard InChI is InChI=1S/C34H47NP/c1-2-34(30-20-10-6-11-21-30)35-28-18-4-3-5-19-29-36(31-22-12-7-13-23-31,32-24-14-8-15-25-32)33-26-16-9-17-27-33/h7-9,12-17,22-27,30,34-35H,2-6,10-11,18-21,28-29H2,1H3/q+1. The molecule has 0 aliphatic heterocycles. The third kappa shape index (κ3) is 7.08. The number of rotatable bonds is 14. The predicted molar refractivity (Wildman–Crippen MR) is 162 cm³/mol. The second-order valence-electron chi connectivity index (χ2n) is 10.7. The number of unbranched alkanes of at least 4 members (excludes halogenated alkanes) is 4. The van der Waals surface area contributed by atoms with E-state index in [2.05, 4.69) is 103 Å². The zero-order valence-corrected chi connectivity index (χ0v) is 23.3. The van der Waals surface area contributed by atoms with Gasteiger partial charge in [-0.3, -0.25) is 0 Å². The molecule has 1 unspecified atom stereocenters. The van der Waals surface area contributed by atoms with E-state index in [0.717, 1.165) is 12.0 Å². The maximum atomic E-state index is 3.92. The van der Waals surface area contributed by atoms with Crippen LogP contribution in [-0.4, -0.2) is 18.7 Å². The Morgan fingerprint density at radius 2 is 1.11 bits per heavy atom. The molecule has 1 N–H and O–H groups in total. The summed E-state index contributed by atoms with van der Waals surface area (Å²) in [7, 11) is -1.66. The van der Waals surface area contributed by atoms with Gasteiger partial charge in [0.1, 0.15) is 23.2 Å². The van der Waals surface area contributed by atoms with Crippen molar-refractivity contribution >= 4 is 23.2 Å². The van der Waals surface area contributed by atoms with Crippen LogP contribution in [0.5, 0.6) is 0 Å². The summed E-state index contributed by atoms with van der Waals surface area (Å²) in [5.41, 5.74) is 0. The van der Waals surface area contributed by atoms with Gasteiger partial charge in [0.05, 0.1) is 6.16 Å². The monoisotopic (exact) mass is 500 g/mol. The van der Waals surface area contributed by atoms with Gasteiger partial charge in [0.2, 0.25) is 0 Å². The Bertz CT molecular complexity index is 869. The molecule has 1 fully saturated rings. The normalized spacial score (nSPS) is 15.6. The first-order chi connectivity index (χ1) is 17.8. The minimum atomic E-state index is -1.66. The van der Waals surface area contributed by atoms with E-state index in [1.807, 2.05) is 0 Å². The Morgan fingerprint density at radius 1 is 0.639 bits per heavy atom. The summed E-state index contributed by atoms with van der Waals surface area (Å²) >= 11 is 0. The molecule has 4 rings (SSSR count). The first-order valence-corrected chi connectivity index (χ1v) is 16.6. The van der Waals surface area contributed by atoms with Gasteiger partial charge in [-0.15, -0.1) is 0 Å². The third-order valence-corrected chi connectivity index (χ3v) is 12.9. The summed E-state index contributed by atoms with van der Waals surface area (Å²) in [5, 5.41) is 8.47. The van der Waals surface area contributed by atoms with Gasteiger partial charge in [0.25, 0.3) is 0 Å². The first-order valence-electron chi connectivity index (χ1n) is 14.6. The number of hydrogen-bond donors (Lipinski definition) is 1. The molecule has 1 saturated carbocycles. The lowest BCUT2D eigenvalue weighted by Crippen LogP contribution is -2.37. The maximum Gasteiger partial charge on any atom is 0.112 e. The van der Waals surface area contributed by atoms with Crippen molar-refractivity contribution in [2.24, 2.45) is 5.92 Å². The van der Waals surface area contributed by atoms with Crippen LogP contribution in [0.1, 0.15) is 77.6 Å². The quantitative estimate of drug-likeness (QED) is 0.175. The van der Waals surface area contributed by atoms with Crippen LogP contribution in [0.3, 0.4) is 0 Å². The van der Waals surface area contributed by atoms with Crippen molar-refractivity contribution < 1.29 is 0 Å². The van der Waals surface area contributed by atoms with Crippen LogP contribution in [0.15, 0.2) is 91.0 Å². The highest BCUT2D eigenvalue weighted by Gasteiger charge is 2.44. The average Bonchev–Trinajstić information content (AvgIpc) is 2.96. The summed E-state index contributed by atoms with van der Waals surface area (Å²) in [6.45, 7) is 3.57. The van der Waals surface area contributed by atoms with Gasteiger partial charge in [-0.05, 0) is 87.4 Å². The van der Waals surface area contributed by atoms with Gasteiger partial charge in [0.15, 0.2) is 0 Å². The third-order valence-electron chi connectivity index (χ3n) is 8.33. The van der Waals surface area contributed by atoms with Crippen LogP contribution in [-0.2, 0) is 0 Å². The van der Waals surface area contributed by atoms with Crippen LogP contribution in [0.4, 0.5) is 0 Å². The molecule has 0 saturated heterocycles. The molecule has 1 nitrogen and oxygen atoms in total. The molecule has 1 aliphatic rings. The van der Waals surface area contributed by atoms with Gasteiger partial charge in [-0.2, -0.15) is 0 Å². The molecule has 1 atom stereocenters. The molecule has 36 heavy (non-hydrogen) atoms. The average molecular weight is 501 g/mol. The van der Waals surface area contributed by atoms with E-state index >= 15 is 0 Å². The van der Waals surface area contributed by atoms with Crippen LogP contribution in [0, 0.1) is 5.92 Å². The molecule has 2 heteroatoms. The van der Waals surface area contributed by atoms with Crippen LogP contribution in [0.2, 0.25) is 0 Å². The van der Waals surface area contributed by atoms with E-state index in [9.17, 15) is 0 Å². The Kier molecular flexibility index (Phi) is 11.1. The molecule has 0 aromatic heterocycles. The molecule has 1 aliphatic carbocycles. The predicted octanol–water partition coefficient (Wildman–Crippen LogP) is 7.88. The van der Waals surface area contributed by atoms with E-state index in [-0.39, 0.29) is 0 Å². The zero-order chi connectivity index (χ0) is 24.9. The highest BCUT2D eigenvalue weighted by Crippen LogP contribution is 2.56. The summed E-state index contributed by atoms with van der Waals surface area (Å²) in [6, 6.07) is 34.8. The molecule has 192 valence electrons. The van der Waals surface area contributed by atoms with Crippen molar-refractivity contribution in [1.82, 2.24) is 5.32 Å². The van der Waals surface area contributed by atoms with Crippen LogP contribution < -0.4 is 21.2 Å². The molecule has 0 amide bonds. The second kappa shape index (κ2) is 14.7. The topological polar surface area (TPSA) is 12.0 Å². The van der Waals surface area contributed by atoms with Crippen LogP contribution in [0.25, 0.3) is 0 Å². The van der Waals surface area contributed by atoms with E-state index in [0.29, 0.717) is 0 Å². The summed E-state index contributed by atoms with van der Waals surface area (Å²) < 4.78 is 0. The summed E-state index contributed by atoms with van der Waals surface area (Å²) in [4.78, 5) is 0. The Balaban J connectivity index is 1.33. The minimum absolute atomic E-state index is 0.748. The number of benzene rings is 3. The van der Waals surface area contributed by atoms with Gasteiger partial charge in [0, 0.05) is 6.04 Å². The van der Waals surface area contributed by atoms with E-state index in [1.54, 1.807) is 0 Å². The lowest BCUT2D eigenvalue weighted by atomic mass is 9.83. The minimum Gasteiger partial charge on any atom is -0.314 e. The molecule has 3 aromatic carbocycles. The Hall–Kier alpha value is -1.95.